The van der Waals surface area contributed by atoms with Crippen LogP contribution in [0.5, 0.6) is 11.5 Å². The maximum atomic E-state index is 13.1. The molecule has 7 rings (SSSR count). The van der Waals surface area contributed by atoms with Crippen molar-refractivity contribution in [3.63, 3.8) is 0 Å². The monoisotopic (exact) mass is 924 g/mol. The number of hydrogen-bond donors (Lipinski definition) is 3. The lowest BCUT2D eigenvalue weighted by molar-refractivity contribution is 0.198. The molecule has 3 saturated heterocycles. The standard InChI is InChI=1S/C22H32FN3O3SSi.C16H18FN3O3S.C4H8O.ClH/c1-22(2,3)31(4,5)29-19-10-11-21(24-16-19)25-30(27,28)20-12-14-26(15-13-20)18-8-6-17(23)7-9-18;17-12-1-3-13(4-2-12)20-9-7-15(8-10-20)24(22,23)19-16-6-5-14(21)11-18-16;1-2-4-5-3-1;/h6-11,16,20H,12-15H2,1-5H3,(H,24,25);1-6,11,15,21H,7-10H2,(H,18,19);1-4H2;1H. The maximum absolute atomic E-state index is 13.1. The fourth-order valence-electron chi connectivity index (χ4n) is 6.52. The zero-order valence-electron chi connectivity index (χ0n) is 35.4. The molecular weight excluding hydrogens is 866 g/mol. The molecule has 0 saturated carbocycles. The minimum Gasteiger partial charge on any atom is -0.542 e. The van der Waals surface area contributed by atoms with Crippen molar-refractivity contribution in [2.75, 3.05) is 58.6 Å². The molecule has 61 heavy (non-hydrogen) atoms. The zero-order valence-corrected chi connectivity index (χ0v) is 38.8. The van der Waals surface area contributed by atoms with Gasteiger partial charge in [0.25, 0.3) is 8.32 Å². The predicted molar refractivity (Wildman–Crippen MR) is 244 cm³/mol. The van der Waals surface area contributed by atoms with Crippen LogP contribution in [0.2, 0.25) is 18.1 Å². The third-order valence-electron chi connectivity index (χ3n) is 11.1. The normalized spacial score (nSPS) is 16.6. The number of nitrogens with zero attached hydrogens (tertiary/aromatic N) is 4. The number of benzene rings is 2. The van der Waals surface area contributed by atoms with Gasteiger partial charge >= 0.3 is 0 Å². The SMILES string of the molecule is C1CCOC1.CC(C)(C)[Si](C)(C)Oc1ccc(NS(=O)(=O)C2CCN(c3ccc(F)cc3)CC2)nc1.Cl.O=S(=O)(Nc1ccc(O)cn1)C1CCN(c2ccc(F)cc2)CC1. The van der Waals surface area contributed by atoms with Gasteiger partial charge in [-0.05, 0) is 129 Å². The summed E-state index contributed by atoms with van der Waals surface area (Å²) in [6.07, 6.45) is 7.28. The molecule has 13 nitrogen and oxygen atoms in total. The van der Waals surface area contributed by atoms with Crippen LogP contribution in [-0.4, -0.2) is 90.1 Å². The minimum atomic E-state index is -3.55. The van der Waals surface area contributed by atoms with Crippen LogP contribution in [0.3, 0.4) is 0 Å². The van der Waals surface area contributed by atoms with Crippen LogP contribution in [0.4, 0.5) is 31.8 Å². The Morgan fingerprint density at radius 2 is 1.10 bits per heavy atom. The van der Waals surface area contributed by atoms with E-state index in [-0.39, 0.29) is 40.6 Å². The van der Waals surface area contributed by atoms with Gasteiger partial charge in [0.05, 0.1) is 22.9 Å². The lowest BCUT2D eigenvalue weighted by Gasteiger charge is -2.36. The molecular formula is C42H59ClF2N6O7S2Si. The fraction of sp³-hybridized carbons (Fsp3) is 0.476. The second kappa shape index (κ2) is 21.7. The van der Waals surface area contributed by atoms with E-state index in [0.29, 0.717) is 63.4 Å². The molecule has 2 aromatic heterocycles. The molecule has 0 aliphatic carbocycles. The molecule has 0 amide bonds. The van der Waals surface area contributed by atoms with Gasteiger partial charge in [0.15, 0.2) is 0 Å². The lowest BCUT2D eigenvalue weighted by Crippen LogP contribution is -2.43. The molecule has 0 spiro atoms. The average Bonchev–Trinajstić information content (AvgIpc) is 3.81. The molecule has 3 aliphatic heterocycles. The molecule has 0 radical (unpaired) electrons. The number of aromatic hydroxyl groups is 1. The summed E-state index contributed by atoms with van der Waals surface area (Å²) in [5.41, 5.74) is 1.80. The topological polar surface area (TPSA) is 163 Å². The molecule has 0 bridgehead atoms. The van der Waals surface area contributed by atoms with E-state index in [1.54, 1.807) is 42.6 Å². The van der Waals surface area contributed by atoms with Gasteiger partial charge in [0.2, 0.25) is 20.0 Å². The number of ether oxygens (including phenoxy) is 1. The van der Waals surface area contributed by atoms with Crippen LogP contribution in [-0.2, 0) is 24.8 Å². The van der Waals surface area contributed by atoms with Gasteiger partial charge in [-0.3, -0.25) is 9.44 Å². The Morgan fingerprint density at radius 1 is 0.689 bits per heavy atom. The van der Waals surface area contributed by atoms with Crippen LogP contribution in [0.1, 0.15) is 59.3 Å². The molecule has 3 fully saturated rings. The number of rotatable bonds is 10. The number of halogens is 3. The maximum Gasteiger partial charge on any atom is 0.250 e. The molecule has 19 heteroatoms. The number of nitrogens with one attached hydrogen (secondary N) is 2. The third-order valence-corrected chi connectivity index (χ3v) is 19.2. The second-order valence-corrected chi connectivity index (χ2v) is 25.2. The minimum absolute atomic E-state index is 0. The molecule has 3 N–H and O–H groups in total. The molecule has 0 atom stereocenters. The number of sulfonamides is 2. The first-order valence-corrected chi connectivity index (χ1v) is 26.2. The van der Waals surface area contributed by atoms with Crippen LogP contribution in [0, 0.1) is 11.6 Å². The number of anilines is 4. The van der Waals surface area contributed by atoms with Gasteiger partial charge < -0.3 is 24.1 Å². The van der Waals surface area contributed by atoms with Gasteiger partial charge in [-0.25, -0.2) is 35.6 Å². The lowest BCUT2D eigenvalue weighted by atomic mass is 10.1. The van der Waals surface area contributed by atoms with Gasteiger partial charge in [0.1, 0.15) is 34.8 Å². The van der Waals surface area contributed by atoms with Crippen molar-refractivity contribution in [3.05, 3.63) is 96.8 Å². The molecule has 5 heterocycles. The summed E-state index contributed by atoms with van der Waals surface area (Å²) in [4.78, 5) is 12.2. The zero-order chi connectivity index (χ0) is 43.6. The Morgan fingerprint density at radius 3 is 1.43 bits per heavy atom. The van der Waals surface area contributed by atoms with E-state index in [4.69, 9.17) is 9.16 Å². The van der Waals surface area contributed by atoms with Gasteiger partial charge in [0, 0.05) is 50.8 Å². The summed E-state index contributed by atoms with van der Waals surface area (Å²) in [6, 6.07) is 18.7. The highest BCUT2D eigenvalue weighted by atomic mass is 35.5. The Labute approximate surface area is 366 Å². The average molecular weight is 926 g/mol. The quantitative estimate of drug-likeness (QED) is 0.131. The third kappa shape index (κ3) is 14.7. The molecule has 0 unspecified atom stereocenters. The highest BCUT2D eigenvalue weighted by molar-refractivity contribution is 7.93. The summed E-state index contributed by atoms with van der Waals surface area (Å²) in [5.74, 6) is 0.547. The molecule has 3 aliphatic rings. The molecule has 4 aromatic rings. The first-order chi connectivity index (χ1) is 28.3. The van der Waals surface area contributed by atoms with Crippen molar-refractivity contribution in [1.29, 1.82) is 0 Å². The highest BCUT2D eigenvalue weighted by Gasteiger charge is 2.39. The summed E-state index contributed by atoms with van der Waals surface area (Å²) in [7, 11) is -9.07. The number of pyridine rings is 2. The first-order valence-electron chi connectivity index (χ1n) is 20.2. The van der Waals surface area contributed by atoms with Crippen LogP contribution in [0.25, 0.3) is 0 Å². The highest BCUT2D eigenvalue weighted by Crippen LogP contribution is 2.37. The summed E-state index contributed by atoms with van der Waals surface area (Å²) < 4.78 is 92.9. The number of aromatic nitrogens is 2. The summed E-state index contributed by atoms with van der Waals surface area (Å²) in [5, 5.41) is 8.25. The van der Waals surface area contributed by atoms with Gasteiger partial charge in [-0.15, -0.1) is 12.4 Å². The smallest absolute Gasteiger partial charge is 0.250 e. The van der Waals surface area contributed by atoms with Crippen molar-refractivity contribution in [3.8, 4) is 11.5 Å². The van der Waals surface area contributed by atoms with E-state index in [1.807, 2.05) is 4.90 Å². The largest absolute Gasteiger partial charge is 0.542 e. The Kier molecular flexibility index (Phi) is 17.6. The van der Waals surface area contributed by atoms with Crippen LogP contribution < -0.4 is 23.7 Å². The van der Waals surface area contributed by atoms with E-state index in [9.17, 15) is 30.7 Å². The van der Waals surface area contributed by atoms with Crippen LogP contribution in [0.15, 0.2) is 85.2 Å². The Balaban J connectivity index is 0.000000242. The summed E-state index contributed by atoms with van der Waals surface area (Å²) >= 11 is 0. The first kappa shape index (κ1) is 49.4. The van der Waals surface area contributed by atoms with Gasteiger partial charge in [-0.1, -0.05) is 20.8 Å². The van der Waals surface area contributed by atoms with E-state index in [1.165, 1.54) is 55.4 Å². The van der Waals surface area contributed by atoms with Crippen molar-refractivity contribution in [1.82, 2.24) is 9.97 Å². The van der Waals surface area contributed by atoms with Crippen molar-refractivity contribution in [2.45, 2.75) is 87.9 Å². The fourth-order valence-corrected chi connectivity index (χ4v) is 10.4. The van der Waals surface area contributed by atoms with Crippen molar-refractivity contribution >= 4 is 63.8 Å². The molecule has 2 aromatic carbocycles. The number of piperidine rings is 2. The van der Waals surface area contributed by atoms with Crippen LogP contribution >= 0.6 is 12.4 Å². The van der Waals surface area contributed by atoms with Gasteiger partial charge in [-0.2, -0.15) is 0 Å². The van der Waals surface area contributed by atoms with Crippen molar-refractivity contribution in [2.24, 2.45) is 0 Å². The van der Waals surface area contributed by atoms with E-state index in [0.717, 1.165) is 24.6 Å². The van der Waals surface area contributed by atoms with E-state index in [2.05, 4.69) is 58.2 Å². The van der Waals surface area contributed by atoms with Crippen molar-refractivity contribution < 1.29 is 39.9 Å². The Bertz CT molecular complexity index is 2160. The van der Waals surface area contributed by atoms with E-state index >= 15 is 0 Å². The molecule has 336 valence electrons. The Hall–Kier alpha value is -4.23. The summed E-state index contributed by atoms with van der Waals surface area (Å²) in [6.45, 7) is 15.2. The number of hydrogen-bond acceptors (Lipinski definition) is 11. The second-order valence-electron chi connectivity index (χ2n) is 16.6. The predicted octanol–water partition coefficient (Wildman–Crippen LogP) is 8.57. The van der Waals surface area contributed by atoms with E-state index < -0.39 is 38.9 Å².